The van der Waals surface area contributed by atoms with E-state index < -0.39 is 0 Å². The van der Waals surface area contributed by atoms with Crippen molar-refractivity contribution >= 4 is 0 Å². The Morgan fingerprint density at radius 3 is 2.53 bits per heavy atom. The molecule has 0 heterocycles. The molecule has 0 aliphatic heterocycles. The summed E-state index contributed by atoms with van der Waals surface area (Å²) in [6.45, 7) is 3.97. The molecule has 17 heavy (non-hydrogen) atoms. The van der Waals surface area contributed by atoms with Crippen LogP contribution >= 0.6 is 0 Å². The molecule has 0 aliphatic rings. The quantitative estimate of drug-likeness (QED) is 0.720. The minimum Gasteiger partial charge on any atom is -0.207 e. The Labute approximate surface area is 100 Å². The van der Waals surface area contributed by atoms with Gasteiger partial charge in [-0.25, -0.2) is 4.39 Å². The highest BCUT2D eigenvalue weighted by Crippen LogP contribution is 2.26. The van der Waals surface area contributed by atoms with Crippen molar-refractivity contribution in [2.45, 2.75) is 13.8 Å². The first-order valence-corrected chi connectivity index (χ1v) is 5.38. The second-order valence-electron chi connectivity index (χ2n) is 4.16. The monoisotopic (exact) mass is 225 g/mol. The topological polar surface area (TPSA) is 23.8 Å². The summed E-state index contributed by atoms with van der Waals surface area (Å²) in [4.78, 5) is 0. The van der Waals surface area contributed by atoms with E-state index in [9.17, 15) is 4.39 Å². The zero-order chi connectivity index (χ0) is 12.4. The molecule has 0 radical (unpaired) electrons. The Bertz CT molecular complexity index is 609. The minimum atomic E-state index is -0.375. The molecule has 0 aliphatic carbocycles. The number of hydrogen-bond donors (Lipinski definition) is 0. The van der Waals surface area contributed by atoms with Gasteiger partial charge in [-0.3, -0.25) is 0 Å². The normalized spacial score (nSPS) is 10.0. The van der Waals surface area contributed by atoms with E-state index >= 15 is 0 Å². The number of hydrogen-bond acceptors (Lipinski definition) is 1. The van der Waals surface area contributed by atoms with E-state index in [1.807, 2.05) is 38.1 Å². The first-order valence-electron chi connectivity index (χ1n) is 5.38. The van der Waals surface area contributed by atoms with Gasteiger partial charge in [-0.1, -0.05) is 23.8 Å². The molecule has 2 aromatic rings. The zero-order valence-corrected chi connectivity index (χ0v) is 9.79. The molecule has 0 amide bonds. The fraction of sp³-hybridized carbons (Fsp3) is 0.133. The number of halogens is 1. The van der Waals surface area contributed by atoms with Crippen molar-refractivity contribution in [1.82, 2.24) is 0 Å². The molecule has 2 rings (SSSR count). The van der Waals surface area contributed by atoms with Gasteiger partial charge in [0.15, 0.2) is 0 Å². The fourth-order valence-electron chi connectivity index (χ4n) is 1.86. The van der Waals surface area contributed by atoms with Crippen LogP contribution in [0.4, 0.5) is 4.39 Å². The predicted octanol–water partition coefficient (Wildman–Crippen LogP) is 3.98. The Morgan fingerprint density at radius 1 is 1.06 bits per heavy atom. The van der Waals surface area contributed by atoms with Crippen LogP contribution in [0.15, 0.2) is 36.4 Å². The van der Waals surface area contributed by atoms with Crippen molar-refractivity contribution in [2.75, 3.05) is 0 Å². The maximum Gasteiger partial charge on any atom is 0.125 e. The largest absolute Gasteiger partial charge is 0.207 e. The summed E-state index contributed by atoms with van der Waals surface area (Å²) in [7, 11) is 0. The van der Waals surface area contributed by atoms with E-state index in [2.05, 4.69) is 0 Å². The van der Waals surface area contributed by atoms with Gasteiger partial charge < -0.3 is 0 Å². The van der Waals surface area contributed by atoms with Crippen molar-refractivity contribution in [3.63, 3.8) is 0 Å². The average Bonchev–Trinajstić information content (AvgIpc) is 2.31. The first-order chi connectivity index (χ1) is 8.10. The molecule has 0 atom stereocenters. The summed E-state index contributed by atoms with van der Waals surface area (Å²) in [6, 6.07) is 12.4. The van der Waals surface area contributed by atoms with Gasteiger partial charge in [-0.15, -0.1) is 0 Å². The first kappa shape index (κ1) is 11.3. The van der Waals surface area contributed by atoms with Gasteiger partial charge in [-0.2, -0.15) is 5.26 Å². The van der Waals surface area contributed by atoms with Gasteiger partial charge in [-0.05, 0) is 48.7 Å². The van der Waals surface area contributed by atoms with E-state index in [1.54, 1.807) is 6.07 Å². The lowest BCUT2D eigenvalue weighted by Gasteiger charge is -2.08. The number of rotatable bonds is 1. The molecule has 0 N–H and O–H groups in total. The summed E-state index contributed by atoms with van der Waals surface area (Å²) < 4.78 is 13.4. The van der Waals surface area contributed by atoms with Crippen LogP contribution in [-0.2, 0) is 0 Å². The summed E-state index contributed by atoms with van der Waals surface area (Å²) in [5.41, 5.74) is 4.27. The Hall–Kier alpha value is -2.14. The maximum atomic E-state index is 13.4. The highest BCUT2D eigenvalue weighted by Gasteiger charge is 2.06. The molecule has 0 unspecified atom stereocenters. The van der Waals surface area contributed by atoms with Gasteiger partial charge in [0.25, 0.3) is 0 Å². The fourth-order valence-corrected chi connectivity index (χ4v) is 1.86. The van der Waals surface area contributed by atoms with Gasteiger partial charge in [0.05, 0.1) is 11.6 Å². The molecule has 0 bridgehead atoms. The van der Waals surface area contributed by atoms with Crippen LogP contribution in [0, 0.1) is 31.0 Å². The lowest BCUT2D eigenvalue weighted by Crippen LogP contribution is -1.88. The van der Waals surface area contributed by atoms with E-state index in [-0.39, 0.29) is 5.82 Å². The molecule has 1 nitrogen and oxygen atoms in total. The highest BCUT2D eigenvalue weighted by molar-refractivity contribution is 5.69. The van der Waals surface area contributed by atoms with Crippen molar-refractivity contribution in [2.24, 2.45) is 0 Å². The zero-order valence-electron chi connectivity index (χ0n) is 9.79. The molecule has 0 saturated carbocycles. The summed E-state index contributed by atoms with van der Waals surface area (Å²) >= 11 is 0. The number of benzene rings is 2. The van der Waals surface area contributed by atoms with Crippen LogP contribution < -0.4 is 0 Å². The third-order valence-electron chi connectivity index (χ3n) is 2.73. The van der Waals surface area contributed by atoms with E-state index in [0.29, 0.717) is 5.56 Å². The van der Waals surface area contributed by atoms with Crippen molar-refractivity contribution in [3.05, 3.63) is 58.9 Å². The van der Waals surface area contributed by atoms with Crippen LogP contribution in [0.2, 0.25) is 0 Å². The minimum absolute atomic E-state index is 0.348. The molecule has 2 heteroatoms. The highest BCUT2D eigenvalue weighted by atomic mass is 19.1. The number of nitriles is 1. The molecular weight excluding hydrogens is 213 g/mol. The van der Waals surface area contributed by atoms with Crippen LogP contribution in [0.3, 0.4) is 0 Å². The maximum absolute atomic E-state index is 13.4. The van der Waals surface area contributed by atoms with Crippen LogP contribution in [-0.4, -0.2) is 0 Å². The summed E-state index contributed by atoms with van der Waals surface area (Å²) in [5.74, 6) is -0.375. The van der Waals surface area contributed by atoms with Gasteiger partial charge in [0.1, 0.15) is 5.82 Å². The lowest BCUT2D eigenvalue weighted by atomic mass is 9.97. The molecule has 0 spiro atoms. The van der Waals surface area contributed by atoms with Crippen molar-refractivity contribution in [3.8, 4) is 17.2 Å². The Kier molecular flexibility index (Phi) is 2.93. The molecule has 0 aromatic heterocycles. The van der Waals surface area contributed by atoms with Gasteiger partial charge >= 0.3 is 0 Å². The second-order valence-corrected chi connectivity index (χ2v) is 4.16. The van der Waals surface area contributed by atoms with Crippen LogP contribution in [0.1, 0.15) is 16.7 Å². The van der Waals surface area contributed by atoms with Crippen molar-refractivity contribution in [1.29, 1.82) is 5.26 Å². The molecule has 0 saturated heterocycles. The third-order valence-corrected chi connectivity index (χ3v) is 2.73. The number of aryl methyl sites for hydroxylation is 2. The molecule has 0 fully saturated rings. The van der Waals surface area contributed by atoms with Crippen molar-refractivity contribution < 1.29 is 4.39 Å². The van der Waals surface area contributed by atoms with Gasteiger partial charge in [0.2, 0.25) is 0 Å². The van der Waals surface area contributed by atoms with E-state index in [0.717, 1.165) is 22.3 Å². The lowest BCUT2D eigenvalue weighted by molar-refractivity contribution is 0.628. The van der Waals surface area contributed by atoms with E-state index in [1.165, 1.54) is 12.1 Å². The smallest absolute Gasteiger partial charge is 0.125 e. The third kappa shape index (κ3) is 2.34. The van der Waals surface area contributed by atoms with Crippen LogP contribution in [0.25, 0.3) is 11.1 Å². The number of nitrogens with zero attached hydrogens (tertiary/aromatic N) is 1. The average molecular weight is 225 g/mol. The SMILES string of the molecule is Cc1ccc(C)c(-c2cc(F)cc(C#N)c2)c1. The van der Waals surface area contributed by atoms with Crippen LogP contribution in [0.5, 0.6) is 0 Å². The summed E-state index contributed by atoms with van der Waals surface area (Å²) in [5, 5.41) is 8.84. The molecule has 2 aromatic carbocycles. The second kappa shape index (κ2) is 4.39. The Morgan fingerprint density at radius 2 is 1.82 bits per heavy atom. The summed E-state index contributed by atoms with van der Waals surface area (Å²) in [6.07, 6.45) is 0. The predicted molar refractivity (Wildman–Crippen MR) is 66.0 cm³/mol. The molecular formula is C15H12FN. The van der Waals surface area contributed by atoms with E-state index in [4.69, 9.17) is 5.26 Å². The molecule has 84 valence electrons. The van der Waals surface area contributed by atoms with Gasteiger partial charge in [0, 0.05) is 0 Å². The Balaban J connectivity index is 2.64. The standard InChI is InChI=1S/C15H12FN/c1-10-3-4-11(2)15(5-10)13-6-12(9-17)7-14(16)8-13/h3-8H,1-2H3.